The van der Waals surface area contributed by atoms with Crippen molar-refractivity contribution in [3.8, 4) is 0 Å². The Labute approximate surface area is 68.9 Å². The fraction of sp³-hybridized carbons (Fsp3) is 0.455. The summed E-state index contributed by atoms with van der Waals surface area (Å²) < 4.78 is 0. The van der Waals surface area contributed by atoms with Crippen molar-refractivity contribution >= 4 is 0 Å². The molecule has 0 aromatic carbocycles. The number of hydrogen-bond acceptors (Lipinski definition) is 0. The Morgan fingerprint density at radius 1 is 1.45 bits per heavy atom. The summed E-state index contributed by atoms with van der Waals surface area (Å²) >= 11 is 0. The fourth-order valence-corrected chi connectivity index (χ4v) is 0.603. The Hall–Kier alpha value is -1.14. The summed E-state index contributed by atoms with van der Waals surface area (Å²) in [6.07, 6.45) is 1.14. The zero-order valence-electron chi connectivity index (χ0n) is 7.49. The molecular formula is C11H14. The second-order valence-electron chi connectivity index (χ2n) is 2.54. The van der Waals surface area contributed by atoms with E-state index in [4.69, 9.17) is 0 Å². The van der Waals surface area contributed by atoms with Gasteiger partial charge in [-0.15, -0.1) is 0 Å². The molecular weight excluding hydrogens is 132 g/mol. The van der Waals surface area contributed by atoms with Gasteiger partial charge in [-0.25, -0.2) is 0 Å². The van der Waals surface area contributed by atoms with Gasteiger partial charge >= 0.3 is 0 Å². The highest BCUT2D eigenvalue weighted by Crippen LogP contribution is 2.10. The lowest BCUT2D eigenvalue weighted by molar-refractivity contribution is 0.657. The van der Waals surface area contributed by atoms with Gasteiger partial charge in [-0.3, -0.25) is 0 Å². The predicted octanol–water partition coefficient (Wildman–Crippen LogP) is 3.23. The third-order valence-electron chi connectivity index (χ3n) is 1.76. The van der Waals surface area contributed by atoms with Gasteiger partial charge in [0, 0.05) is 0 Å². The van der Waals surface area contributed by atoms with E-state index in [-0.39, 0.29) is 0 Å². The molecule has 0 saturated carbocycles. The number of allylic oxidation sites excluding steroid dienone is 1. The molecule has 0 heteroatoms. The maximum atomic E-state index is 3.37. The summed E-state index contributed by atoms with van der Waals surface area (Å²) in [5.41, 5.74) is 12.0. The Bertz CT molecular complexity index is 258. The maximum absolute atomic E-state index is 3.37. The monoisotopic (exact) mass is 146 g/mol. The highest BCUT2D eigenvalue weighted by atomic mass is 14.0. The lowest BCUT2D eigenvalue weighted by atomic mass is 10.0. The normalized spacial score (nSPS) is 10.1. The highest BCUT2D eigenvalue weighted by Gasteiger charge is 1.97. The summed E-state index contributed by atoms with van der Waals surface area (Å²) in [6, 6.07) is 0. The van der Waals surface area contributed by atoms with E-state index in [0.29, 0.717) is 5.92 Å². The van der Waals surface area contributed by atoms with Crippen LogP contribution in [0, 0.1) is 5.92 Å². The summed E-state index contributed by atoms with van der Waals surface area (Å²) in [4.78, 5) is 0. The first-order valence-corrected chi connectivity index (χ1v) is 3.83. The molecule has 0 fully saturated rings. The highest BCUT2D eigenvalue weighted by molar-refractivity contribution is 5.01. The lowest BCUT2D eigenvalue weighted by Gasteiger charge is -2.03. The maximum Gasteiger partial charge on any atom is -0.0102 e. The number of rotatable bonds is 2. The van der Waals surface area contributed by atoms with Gasteiger partial charge in [0.1, 0.15) is 0 Å². The molecule has 0 aliphatic carbocycles. The van der Waals surface area contributed by atoms with Crippen LogP contribution in [0.4, 0.5) is 0 Å². The molecule has 0 N–H and O–H groups in total. The Kier molecular flexibility index (Phi) is 5.05. The molecule has 0 radical (unpaired) electrons. The molecule has 11 heavy (non-hydrogen) atoms. The van der Waals surface area contributed by atoms with Crippen LogP contribution in [0.2, 0.25) is 0 Å². The van der Waals surface area contributed by atoms with Gasteiger partial charge < -0.3 is 0 Å². The summed E-state index contributed by atoms with van der Waals surface area (Å²) in [7, 11) is 0. The molecule has 0 rings (SSSR count). The topological polar surface area (TPSA) is 0 Å². The van der Waals surface area contributed by atoms with Gasteiger partial charge in [-0.05, 0) is 42.9 Å². The predicted molar refractivity (Wildman–Crippen MR) is 48.3 cm³/mol. The quantitative estimate of drug-likeness (QED) is 0.525. The van der Waals surface area contributed by atoms with Gasteiger partial charge in [-0.1, -0.05) is 25.3 Å². The Balaban J connectivity index is 4.72. The average molecular weight is 146 g/mol. The molecule has 0 aromatic heterocycles. The lowest BCUT2D eigenvalue weighted by Crippen LogP contribution is -1.90. The SMILES string of the molecule is C=C=C=C=C=C(C)C(C)CC. The second-order valence-corrected chi connectivity index (χ2v) is 2.54. The molecule has 0 nitrogen and oxygen atoms in total. The smallest absolute Gasteiger partial charge is 0.0102 e. The molecule has 1 atom stereocenters. The van der Waals surface area contributed by atoms with E-state index >= 15 is 0 Å². The van der Waals surface area contributed by atoms with Crippen molar-refractivity contribution in [2.45, 2.75) is 27.2 Å². The average Bonchev–Trinajstić information content (AvgIpc) is 2.03. The zero-order valence-corrected chi connectivity index (χ0v) is 7.49. The molecule has 0 spiro atoms. The molecule has 0 aromatic rings. The van der Waals surface area contributed by atoms with Crippen LogP contribution in [0.3, 0.4) is 0 Å². The van der Waals surface area contributed by atoms with Crippen LogP contribution in [0.1, 0.15) is 27.2 Å². The van der Waals surface area contributed by atoms with E-state index in [1.165, 1.54) is 5.57 Å². The van der Waals surface area contributed by atoms with E-state index in [1.807, 2.05) is 6.92 Å². The van der Waals surface area contributed by atoms with Crippen LogP contribution in [-0.2, 0) is 0 Å². The van der Waals surface area contributed by atoms with Crippen molar-refractivity contribution in [3.63, 3.8) is 0 Å². The fourth-order valence-electron chi connectivity index (χ4n) is 0.603. The first-order valence-electron chi connectivity index (χ1n) is 3.83. The summed E-state index contributed by atoms with van der Waals surface area (Å²) in [5.74, 6) is 0.578. The van der Waals surface area contributed by atoms with Gasteiger partial charge in [0.05, 0.1) is 0 Å². The van der Waals surface area contributed by atoms with Gasteiger partial charge in [0.2, 0.25) is 0 Å². The Morgan fingerprint density at radius 3 is 2.55 bits per heavy atom. The van der Waals surface area contributed by atoms with E-state index in [1.54, 1.807) is 0 Å². The molecule has 0 aliphatic heterocycles. The Morgan fingerprint density at radius 2 is 2.09 bits per heavy atom. The van der Waals surface area contributed by atoms with Crippen LogP contribution < -0.4 is 0 Å². The van der Waals surface area contributed by atoms with E-state index < -0.39 is 0 Å². The minimum Gasteiger partial charge on any atom is -0.0687 e. The van der Waals surface area contributed by atoms with Gasteiger partial charge in [-0.2, -0.15) is 0 Å². The van der Waals surface area contributed by atoms with Crippen molar-refractivity contribution in [1.29, 1.82) is 0 Å². The third-order valence-corrected chi connectivity index (χ3v) is 1.76. The van der Waals surface area contributed by atoms with Crippen molar-refractivity contribution in [3.05, 3.63) is 35.1 Å². The van der Waals surface area contributed by atoms with Crippen LogP contribution in [0.15, 0.2) is 35.1 Å². The van der Waals surface area contributed by atoms with Crippen LogP contribution in [0.25, 0.3) is 0 Å². The van der Waals surface area contributed by atoms with Crippen molar-refractivity contribution < 1.29 is 0 Å². The molecule has 0 aliphatic rings. The first kappa shape index (κ1) is 9.86. The number of hydrogen-bond donors (Lipinski definition) is 0. The van der Waals surface area contributed by atoms with Gasteiger partial charge in [0.15, 0.2) is 0 Å². The van der Waals surface area contributed by atoms with Crippen molar-refractivity contribution in [2.75, 3.05) is 0 Å². The molecule has 0 saturated heterocycles. The van der Waals surface area contributed by atoms with E-state index in [0.717, 1.165) is 6.42 Å². The largest absolute Gasteiger partial charge is 0.0687 e. The molecule has 0 heterocycles. The van der Waals surface area contributed by atoms with Crippen molar-refractivity contribution in [1.82, 2.24) is 0 Å². The molecule has 0 bridgehead atoms. The summed E-state index contributed by atoms with van der Waals surface area (Å²) in [5, 5.41) is 0. The first-order chi connectivity index (χ1) is 5.22. The van der Waals surface area contributed by atoms with Crippen LogP contribution in [-0.4, -0.2) is 0 Å². The molecule has 0 amide bonds. The second kappa shape index (κ2) is 5.63. The standard InChI is InChI=1S/C11H14/c1-5-7-8-9-11(4)10(3)6-2/h10H,1,6H2,2-4H3. The van der Waals surface area contributed by atoms with E-state index in [2.05, 4.69) is 43.4 Å². The minimum atomic E-state index is 0.578. The zero-order chi connectivity index (χ0) is 8.69. The third kappa shape index (κ3) is 4.29. The van der Waals surface area contributed by atoms with Crippen molar-refractivity contribution in [2.24, 2.45) is 5.92 Å². The summed E-state index contributed by atoms with van der Waals surface area (Å²) in [6.45, 7) is 9.75. The molecule has 1 unspecified atom stereocenters. The van der Waals surface area contributed by atoms with Gasteiger partial charge in [0.25, 0.3) is 0 Å². The minimum absolute atomic E-state index is 0.578. The van der Waals surface area contributed by atoms with Crippen LogP contribution in [0.5, 0.6) is 0 Å². The van der Waals surface area contributed by atoms with Crippen LogP contribution >= 0.6 is 0 Å². The molecule has 58 valence electrons. The van der Waals surface area contributed by atoms with E-state index in [9.17, 15) is 0 Å².